The number of anilines is 3. The predicted molar refractivity (Wildman–Crippen MR) is 107 cm³/mol. The average Bonchev–Trinajstić information content (AvgIpc) is 2.74. The third-order valence-corrected chi connectivity index (χ3v) is 4.89. The van der Waals surface area contributed by atoms with Crippen LogP contribution in [0.2, 0.25) is 0 Å². The number of aromatic nitrogens is 2. The number of rotatable bonds is 4. The Morgan fingerprint density at radius 2 is 1.93 bits per heavy atom. The standard InChI is InChI=1S/C21H22N4O2/c1-27-21(26)15-5-8-20(23-14-15)24-19-9-10-22-18-7-6-16(13-17(18)19)25-11-3-2-4-12-25/h5-10,13-14H,2-4,11-12H2,1H3,(H,22,23,24). The van der Waals surface area contributed by atoms with Crippen molar-refractivity contribution in [1.82, 2.24) is 9.97 Å². The van der Waals surface area contributed by atoms with Crippen LogP contribution in [0.25, 0.3) is 10.9 Å². The van der Waals surface area contributed by atoms with Gasteiger partial charge in [0.2, 0.25) is 0 Å². The van der Waals surface area contributed by atoms with E-state index in [1.54, 1.807) is 18.3 Å². The van der Waals surface area contributed by atoms with Crippen molar-refractivity contribution in [3.63, 3.8) is 0 Å². The molecule has 1 N–H and O–H groups in total. The molecule has 27 heavy (non-hydrogen) atoms. The van der Waals surface area contributed by atoms with Crippen molar-refractivity contribution < 1.29 is 9.53 Å². The normalized spacial score (nSPS) is 14.2. The van der Waals surface area contributed by atoms with Crippen LogP contribution < -0.4 is 10.2 Å². The van der Waals surface area contributed by atoms with Crippen LogP contribution in [-0.2, 0) is 4.74 Å². The minimum atomic E-state index is -0.394. The van der Waals surface area contributed by atoms with Crippen LogP contribution in [-0.4, -0.2) is 36.1 Å². The summed E-state index contributed by atoms with van der Waals surface area (Å²) in [5, 5.41) is 4.39. The highest BCUT2D eigenvalue weighted by molar-refractivity contribution is 5.95. The predicted octanol–water partition coefficient (Wildman–Crippen LogP) is 4.15. The number of esters is 1. The Bertz CT molecular complexity index is 950. The van der Waals surface area contributed by atoms with Gasteiger partial charge in [-0.1, -0.05) is 0 Å². The van der Waals surface area contributed by atoms with Gasteiger partial charge in [0.15, 0.2) is 0 Å². The molecule has 6 nitrogen and oxygen atoms in total. The SMILES string of the molecule is COC(=O)c1ccc(Nc2ccnc3ccc(N4CCCCC4)cc23)nc1. The number of carbonyl (C=O) groups is 1. The number of nitrogens with zero attached hydrogens (tertiary/aromatic N) is 3. The van der Waals surface area contributed by atoms with E-state index in [1.807, 2.05) is 6.07 Å². The maximum atomic E-state index is 11.6. The van der Waals surface area contributed by atoms with Gasteiger partial charge in [-0.05, 0) is 55.7 Å². The number of carbonyl (C=O) groups excluding carboxylic acids is 1. The summed E-state index contributed by atoms with van der Waals surface area (Å²) >= 11 is 0. The van der Waals surface area contributed by atoms with Crippen LogP contribution in [0.15, 0.2) is 48.8 Å². The van der Waals surface area contributed by atoms with Gasteiger partial charge in [-0.25, -0.2) is 9.78 Å². The van der Waals surface area contributed by atoms with Crippen molar-refractivity contribution in [3.05, 3.63) is 54.4 Å². The van der Waals surface area contributed by atoms with E-state index in [-0.39, 0.29) is 0 Å². The molecule has 2 aromatic heterocycles. The molecule has 138 valence electrons. The Labute approximate surface area is 158 Å². The van der Waals surface area contributed by atoms with Crippen LogP contribution in [0, 0.1) is 0 Å². The van der Waals surface area contributed by atoms with Gasteiger partial charge in [0.25, 0.3) is 0 Å². The van der Waals surface area contributed by atoms with Crippen LogP contribution in [0.5, 0.6) is 0 Å². The quantitative estimate of drug-likeness (QED) is 0.703. The summed E-state index contributed by atoms with van der Waals surface area (Å²) in [7, 11) is 1.36. The van der Waals surface area contributed by atoms with E-state index < -0.39 is 5.97 Å². The molecule has 1 saturated heterocycles. The average molecular weight is 362 g/mol. The Morgan fingerprint density at radius 3 is 2.67 bits per heavy atom. The molecule has 3 heterocycles. The van der Waals surface area contributed by atoms with E-state index in [4.69, 9.17) is 4.74 Å². The molecule has 0 radical (unpaired) electrons. The fourth-order valence-corrected chi connectivity index (χ4v) is 3.44. The molecule has 0 aliphatic carbocycles. The molecule has 0 spiro atoms. The fraction of sp³-hybridized carbons (Fsp3) is 0.286. The topological polar surface area (TPSA) is 67.3 Å². The van der Waals surface area contributed by atoms with Gasteiger partial charge in [-0.15, -0.1) is 0 Å². The number of fused-ring (bicyclic) bond motifs is 1. The molecular formula is C21H22N4O2. The molecule has 1 fully saturated rings. The monoisotopic (exact) mass is 362 g/mol. The van der Waals surface area contributed by atoms with E-state index in [2.05, 4.69) is 38.4 Å². The van der Waals surface area contributed by atoms with Gasteiger partial charge in [-0.2, -0.15) is 0 Å². The van der Waals surface area contributed by atoms with Gasteiger partial charge in [-0.3, -0.25) is 4.98 Å². The number of nitrogens with one attached hydrogen (secondary N) is 1. The molecule has 0 unspecified atom stereocenters. The molecule has 3 aromatic rings. The van der Waals surface area contributed by atoms with E-state index in [0.717, 1.165) is 29.7 Å². The summed E-state index contributed by atoms with van der Waals surface area (Å²) in [6.07, 6.45) is 7.09. The Hall–Kier alpha value is -3.15. The molecule has 0 amide bonds. The molecule has 1 aromatic carbocycles. The largest absolute Gasteiger partial charge is 0.465 e. The van der Waals surface area contributed by atoms with E-state index in [1.165, 1.54) is 38.3 Å². The molecule has 0 atom stereocenters. The Balaban J connectivity index is 1.63. The number of hydrogen-bond acceptors (Lipinski definition) is 6. The lowest BCUT2D eigenvalue weighted by Gasteiger charge is -2.29. The number of methoxy groups -OCH3 is 1. The number of pyridine rings is 2. The van der Waals surface area contributed by atoms with Crippen LogP contribution in [0.4, 0.5) is 17.2 Å². The first-order chi connectivity index (χ1) is 13.2. The van der Waals surface area contributed by atoms with Gasteiger partial charge in [0.1, 0.15) is 5.82 Å². The zero-order valence-corrected chi connectivity index (χ0v) is 15.3. The van der Waals surface area contributed by atoms with Gasteiger partial charge in [0.05, 0.1) is 23.9 Å². The highest BCUT2D eigenvalue weighted by atomic mass is 16.5. The molecule has 0 saturated carbocycles. The summed E-state index contributed by atoms with van der Waals surface area (Å²) in [6, 6.07) is 11.8. The first kappa shape index (κ1) is 17.3. The smallest absolute Gasteiger partial charge is 0.339 e. The first-order valence-electron chi connectivity index (χ1n) is 9.20. The second kappa shape index (κ2) is 7.61. The minimum Gasteiger partial charge on any atom is -0.465 e. The summed E-state index contributed by atoms with van der Waals surface area (Å²) in [4.78, 5) is 22.8. The van der Waals surface area contributed by atoms with Gasteiger partial charge >= 0.3 is 5.97 Å². The molecule has 1 aliphatic heterocycles. The van der Waals surface area contributed by atoms with Crippen LogP contribution >= 0.6 is 0 Å². The molecule has 6 heteroatoms. The highest BCUT2D eigenvalue weighted by Gasteiger charge is 2.13. The van der Waals surface area contributed by atoms with Crippen molar-refractivity contribution >= 4 is 34.1 Å². The van der Waals surface area contributed by atoms with Crippen molar-refractivity contribution in [2.24, 2.45) is 0 Å². The second-order valence-corrected chi connectivity index (χ2v) is 6.66. The Morgan fingerprint density at radius 1 is 1.07 bits per heavy atom. The fourth-order valence-electron chi connectivity index (χ4n) is 3.44. The lowest BCUT2D eigenvalue weighted by atomic mass is 10.1. The molecule has 1 aliphatic rings. The zero-order chi connectivity index (χ0) is 18.6. The third-order valence-electron chi connectivity index (χ3n) is 4.89. The summed E-state index contributed by atoms with van der Waals surface area (Å²) in [5.41, 5.74) is 3.53. The van der Waals surface area contributed by atoms with E-state index in [0.29, 0.717) is 11.4 Å². The highest BCUT2D eigenvalue weighted by Crippen LogP contribution is 2.29. The van der Waals surface area contributed by atoms with Crippen LogP contribution in [0.1, 0.15) is 29.6 Å². The second-order valence-electron chi connectivity index (χ2n) is 6.66. The molecule has 4 rings (SSSR count). The van der Waals surface area contributed by atoms with Gasteiger partial charge < -0.3 is 15.0 Å². The minimum absolute atomic E-state index is 0.394. The maximum absolute atomic E-state index is 11.6. The summed E-state index contributed by atoms with van der Waals surface area (Å²) in [6.45, 7) is 2.20. The first-order valence-corrected chi connectivity index (χ1v) is 9.20. The van der Waals surface area contributed by atoms with Crippen LogP contribution in [0.3, 0.4) is 0 Å². The van der Waals surface area contributed by atoms with E-state index >= 15 is 0 Å². The van der Waals surface area contributed by atoms with Crippen molar-refractivity contribution in [1.29, 1.82) is 0 Å². The van der Waals surface area contributed by atoms with E-state index in [9.17, 15) is 4.79 Å². The number of hydrogen-bond donors (Lipinski definition) is 1. The Kier molecular flexibility index (Phi) is 4.87. The molecular weight excluding hydrogens is 340 g/mol. The lowest BCUT2D eigenvalue weighted by Crippen LogP contribution is -2.29. The van der Waals surface area contributed by atoms with Crippen molar-refractivity contribution in [2.75, 3.05) is 30.4 Å². The molecule has 0 bridgehead atoms. The summed E-state index contributed by atoms with van der Waals surface area (Å²) < 4.78 is 4.71. The maximum Gasteiger partial charge on any atom is 0.339 e. The van der Waals surface area contributed by atoms with Crippen molar-refractivity contribution in [3.8, 4) is 0 Å². The van der Waals surface area contributed by atoms with Gasteiger partial charge in [0, 0.05) is 36.6 Å². The van der Waals surface area contributed by atoms with Crippen molar-refractivity contribution in [2.45, 2.75) is 19.3 Å². The third kappa shape index (κ3) is 3.69. The number of piperidine rings is 1. The zero-order valence-electron chi connectivity index (χ0n) is 15.3. The summed E-state index contributed by atoms with van der Waals surface area (Å²) in [5.74, 6) is 0.271. The number of ether oxygens (including phenoxy) is 1. The number of benzene rings is 1. The lowest BCUT2D eigenvalue weighted by molar-refractivity contribution is 0.0600.